The van der Waals surface area contributed by atoms with E-state index in [9.17, 15) is 4.79 Å². The second-order valence-corrected chi connectivity index (χ2v) is 7.98. The van der Waals surface area contributed by atoms with Gasteiger partial charge in [-0.15, -0.1) is 0 Å². The fraction of sp³-hybridized carbons (Fsp3) is 0.350. The third-order valence-corrected chi connectivity index (χ3v) is 4.50. The van der Waals surface area contributed by atoms with Crippen LogP contribution in [0.3, 0.4) is 0 Å². The van der Waals surface area contributed by atoms with Gasteiger partial charge in [-0.1, -0.05) is 44.5 Å². The highest BCUT2D eigenvalue weighted by atomic mass is 35.5. The van der Waals surface area contributed by atoms with Gasteiger partial charge in [0.05, 0.1) is 17.9 Å². The number of hydrogen-bond acceptors (Lipinski definition) is 3. The summed E-state index contributed by atoms with van der Waals surface area (Å²) in [5, 5.41) is 3.67. The van der Waals surface area contributed by atoms with E-state index >= 15 is 0 Å². The van der Waals surface area contributed by atoms with Crippen LogP contribution in [0.15, 0.2) is 30.3 Å². The number of aryl methyl sites for hydroxylation is 2. The fourth-order valence-corrected chi connectivity index (χ4v) is 2.91. The van der Waals surface area contributed by atoms with Gasteiger partial charge in [-0.2, -0.15) is 0 Å². The normalized spacial score (nSPS) is 11.8. The number of pyridine rings is 1. The summed E-state index contributed by atoms with van der Waals surface area (Å²) in [6.07, 6.45) is 0. The summed E-state index contributed by atoms with van der Waals surface area (Å²) in [7, 11) is 0. The van der Waals surface area contributed by atoms with Gasteiger partial charge in [-0.25, -0.2) is 9.97 Å². The van der Waals surface area contributed by atoms with Gasteiger partial charge in [0.15, 0.2) is 5.65 Å². The molecule has 1 aromatic carbocycles. The lowest BCUT2D eigenvalue weighted by molar-refractivity contribution is -0.123. The molecule has 6 heteroatoms. The number of nitrogens with zero attached hydrogens (tertiary/aromatic N) is 3. The summed E-state index contributed by atoms with van der Waals surface area (Å²) in [4.78, 5) is 21.6. The highest BCUT2D eigenvalue weighted by Crippen LogP contribution is 2.25. The van der Waals surface area contributed by atoms with E-state index in [-0.39, 0.29) is 5.91 Å². The van der Waals surface area contributed by atoms with Crippen LogP contribution in [0.4, 0.5) is 5.69 Å². The summed E-state index contributed by atoms with van der Waals surface area (Å²) in [5.41, 5.74) is 3.65. The molecule has 0 saturated heterocycles. The number of aromatic nitrogens is 3. The van der Waals surface area contributed by atoms with Crippen molar-refractivity contribution in [3.05, 3.63) is 52.4 Å². The van der Waals surface area contributed by atoms with Crippen molar-refractivity contribution >= 4 is 34.4 Å². The maximum Gasteiger partial charge on any atom is 0.229 e. The van der Waals surface area contributed by atoms with Crippen molar-refractivity contribution in [1.29, 1.82) is 0 Å². The van der Waals surface area contributed by atoms with Crippen LogP contribution in [0.5, 0.6) is 0 Å². The molecule has 0 unspecified atom stereocenters. The van der Waals surface area contributed by atoms with E-state index in [4.69, 9.17) is 16.6 Å². The molecule has 0 aliphatic rings. The number of nitrogens with one attached hydrogen (secondary N) is 1. The third-order valence-electron chi connectivity index (χ3n) is 4.26. The molecule has 0 atom stereocenters. The zero-order chi connectivity index (χ0) is 19.1. The number of benzene rings is 1. The molecule has 3 rings (SSSR count). The average molecular weight is 371 g/mol. The average Bonchev–Trinajstić information content (AvgIpc) is 2.82. The van der Waals surface area contributed by atoms with Crippen LogP contribution in [-0.2, 0) is 11.3 Å². The Labute approximate surface area is 158 Å². The van der Waals surface area contributed by atoms with Crippen molar-refractivity contribution in [3.63, 3.8) is 0 Å². The number of rotatable bonds is 3. The Morgan fingerprint density at radius 2 is 1.92 bits per heavy atom. The Morgan fingerprint density at radius 1 is 1.19 bits per heavy atom. The minimum absolute atomic E-state index is 0.0446. The molecule has 0 fully saturated rings. The first-order valence-electron chi connectivity index (χ1n) is 8.55. The first kappa shape index (κ1) is 18.4. The van der Waals surface area contributed by atoms with Crippen LogP contribution in [0, 0.1) is 19.3 Å². The maximum atomic E-state index is 12.3. The monoisotopic (exact) mass is 370 g/mol. The molecule has 3 aromatic rings. The van der Waals surface area contributed by atoms with Crippen LogP contribution in [0.1, 0.15) is 37.9 Å². The van der Waals surface area contributed by atoms with Crippen molar-refractivity contribution in [2.75, 3.05) is 5.32 Å². The zero-order valence-electron chi connectivity index (χ0n) is 15.7. The van der Waals surface area contributed by atoms with Crippen molar-refractivity contribution in [2.24, 2.45) is 5.41 Å². The largest absolute Gasteiger partial charge is 0.324 e. The highest BCUT2D eigenvalue weighted by Gasteiger charge is 2.22. The van der Waals surface area contributed by atoms with Gasteiger partial charge >= 0.3 is 0 Å². The number of carbonyl (C=O) groups is 1. The van der Waals surface area contributed by atoms with E-state index in [0.29, 0.717) is 17.3 Å². The minimum atomic E-state index is -0.469. The van der Waals surface area contributed by atoms with E-state index in [0.717, 1.165) is 28.2 Å². The summed E-state index contributed by atoms with van der Waals surface area (Å²) < 4.78 is 2.06. The van der Waals surface area contributed by atoms with E-state index < -0.39 is 5.41 Å². The summed E-state index contributed by atoms with van der Waals surface area (Å²) in [6.45, 7) is 10.1. The number of anilines is 1. The molecular formula is C20H23ClN4O. The number of halogens is 1. The van der Waals surface area contributed by atoms with E-state index in [1.165, 1.54) is 0 Å². The molecule has 1 amide bonds. The number of carbonyl (C=O) groups excluding carboxylic acids is 1. The maximum absolute atomic E-state index is 12.3. The van der Waals surface area contributed by atoms with Crippen LogP contribution in [0.25, 0.3) is 11.2 Å². The Kier molecular flexibility index (Phi) is 4.76. The molecule has 0 aliphatic heterocycles. The molecule has 0 bridgehead atoms. The zero-order valence-corrected chi connectivity index (χ0v) is 16.5. The summed E-state index contributed by atoms with van der Waals surface area (Å²) in [6, 6.07) is 9.66. The standard InChI is InChI=1S/C20H23ClN4O/c1-12-16(24-19(26)20(3,4)5)10-17-18(22-12)25(13(2)23-17)11-14-7-6-8-15(21)9-14/h6-10H,11H2,1-5H3,(H,24,26). The number of hydrogen-bond donors (Lipinski definition) is 1. The van der Waals surface area contributed by atoms with Crippen LogP contribution in [-0.4, -0.2) is 20.4 Å². The SMILES string of the molecule is Cc1nc2c(cc1NC(=O)C(C)(C)C)nc(C)n2Cc1cccc(Cl)c1. The van der Waals surface area contributed by atoms with Crippen molar-refractivity contribution in [2.45, 2.75) is 41.2 Å². The fourth-order valence-electron chi connectivity index (χ4n) is 2.69. The molecule has 0 radical (unpaired) electrons. The van der Waals surface area contributed by atoms with Gasteiger partial charge in [0.1, 0.15) is 11.3 Å². The molecule has 136 valence electrons. The highest BCUT2D eigenvalue weighted by molar-refractivity contribution is 6.30. The lowest BCUT2D eigenvalue weighted by Gasteiger charge is -2.18. The molecular weight excluding hydrogens is 348 g/mol. The predicted octanol–water partition coefficient (Wildman–Crippen LogP) is 4.73. The molecule has 0 saturated carbocycles. The van der Waals surface area contributed by atoms with E-state index in [1.807, 2.05) is 65.0 Å². The molecule has 2 aromatic heterocycles. The Bertz CT molecular complexity index is 985. The quantitative estimate of drug-likeness (QED) is 0.724. The second-order valence-electron chi connectivity index (χ2n) is 7.54. The van der Waals surface area contributed by atoms with Crippen molar-refractivity contribution in [1.82, 2.24) is 14.5 Å². The Balaban J connectivity index is 1.99. The van der Waals surface area contributed by atoms with E-state index in [1.54, 1.807) is 0 Å². The van der Waals surface area contributed by atoms with Crippen molar-refractivity contribution in [3.8, 4) is 0 Å². The molecule has 5 nitrogen and oxygen atoms in total. The second kappa shape index (κ2) is 6.72. The first-order valence-corrected chi connectivity index (χ1v) is 8.93. The van der Waals surface area contributed by atoms with Gasteiger partial charge < -0.3 is 9.88 Å². The minimum Gasteiger partial charge on any atom is -0.324 e. The summed E-state index contributed by atoms with van der Waals surface area (Å²) in [5.74, 6) is 0.822. The number of imidazole rings is 1. The number of fused-ring (bicyclic) bond motifs is 1. The van der Waals surface area contributed by atoms with Crippen LogP contribution < -0.4 is 5.32 Å². The lowest BCUT2D eigenvalue weighted by Crippen LogP contribution is -2.28. The lowest BCUT2D eigenvalue weighted by atomic mass is 9.95. The molecule has 0 spiro atoms. The predicted molar refractivity (Wildman–Crippen MR) is 106 cm³/mol. The smallest absolute Gasteiger partial charge is 0.229 e. The van der Waals surface area contributed by atoms with Gasteiger partial charge in [-0.3, -0.25) is 4.79 Å². The van der Waals surface area contributed by atoms with Gasteiger partial charge in [0, 0.05) is 10.4 Å². The third kappa shape index (κ3) is 3.73. The Hall–Kier alpha value is -2.40. The van der Waals surface area contributed by atoms with E-state index in [2.05, 4.69) is 14.9 Å². The van der Waals surface area contributed by atoms with Gasteiger partial charge in [0.2, 0.25) is 5.91 Å². The molecule has 2 heterocycles. The van der Waals surface area contributed by atoms with Gasteiger partial charge in [-0.05, 0) is 37.6 Å². The molecule has 26 heavy (non-hydrogen) atoms. The summed E-state index contributed by atoms with van der Waals surface area (Å²) >= 11 is 6.09. The topological polar surface area (TPSA) is 59.8 Å². The van der Waals surface area contributed by atoms with Crippen molar-refractivity contribution < 1.29 is 4.79 Å². The first-order chi connectivity index (χ1) is 12.1. The molecule has 0 aliphatic carbocycles. The molecule has 1 N–H and O–H groups in total. The van der Waals surface area contributed by atoms with Crippen LogP contribution >= 0.6 is 11.6 Å². The Morgan fingerprint density at radius 3 is 2.58 bits per heavy atom. The van der Waals surface area contributed by atoms with Gasteiger partial charge in [0.25, 0.3) is 0 Å². The number of amides is 1. The van der Waals surface area contributed by atoms with Crippen LogP contribution in [0.2, 0.25) is 5.02 Å².